The van der Waals surface area contributed by atoms with Crippen molar-refractivity contribution in [3.8, 4) is 5.69 Å². The predicted molar refractivity (Wildman–Crippen MR) is 70.3 cm³/mol. The number of hydrogen-bond acceptors (Lipinski definition) is 2. The van der Waals surface area contributed by atoms with Crippen LogP contribution in [0.3, 0.4) is 0 Å². The lowest BCUT2D eigenvalue weighted by atomic mass is 10.2. The molecular formula is C14H13N3O. The smallest absolute Gasteiger partial charge is 0.267 e. The van der Waals surface area contributed by atoms with Gasteiger partial charge in [-0.25, -0.2) is 4.98 Å². The van der Waals surface area contributed by atoms with Crippen LogP contribution < -0.4 is 5.56 Å². The van der Waals surface area contributed by atoms with Gasteiger partial charge in [0, 0.05) is 24.0 Å². The van der Waals surface area contributed by atoms with Crippen molar-refractivity contribution in [3.05, 3.63) is 64.2 Å². The number of aromatic nitrogens is 3. The molecule has 90 valence electrons. The highest BCUT2D eigenvalue weighted by atomic mass is 16.1. The van der Waals surface area contributed by atoms with E-state index in [1.54, 1.807) is 10.7 Å². The van der Waals surface area contributed by atoms with Crippen LogP contribution in [0.15, 0.2) is 47.5 Å². The molecule has 3 rings (SSSR count). The summed E-state index contributed by atoms with van der Waals surface area (Å²) >= 11 is 0. The van der Waals surface area contributed by atoms with Gasteiger partial charge in [0.15, 0.2) is 5.65 Å². The van der Waals surface area contributed by atoms with Gasteiger partial charge < -0.3 is 0 Å². The van der Waals surface area contributed by atoms with Gasteiger partial charge in [0.25, 0.3) is 5.56 Å². The van der Waals surface area contributed by atoms with Crippen molar-refractivity contribution in [1.82, 2.24) is 14.2 Å². The summed E-state index contributed by atoms with van der Waals surface area (Å²) in [7, 11) is 0. The van der Waals surface area contributed by atoms with Crippen molar-refractivity contribution in [1.29, 1.82) is 0 Å². The Morgan fingerprint density at radius 3 is 2.50 bits per heavy atom. The summed E-state index contributed by atoms with van der Waals surface area (Å²) in [4.78, 5) is 16.2. The molecule has 0 aliphatic rings. The minimum absolute atomic E-state index is 0.0753. The Hall–Kier alpha value is -2.36. The Labute approximate surface area is 104 Å². The van der Waals surface area contributed by atoms with Crippen molar-refractivity contribution in [2.24, 2.45) is 0 Å². The molecule has 2 aromatic heterocycles. The molecular weight excluding hydrogens is 226 g/mol. The second-order valence-corrected chi connectivity index (χ2v) is 4.41. The van der Waals surface area contributed by atoms with Gasteiger partial charge in [0.1, 0.15) is 0 Å². The third kappa shape index (κ3) is 1.54. The van der Waals surface area contributed by atoms with E-state index in [4.69, 9.17) is 0 Å². The van der Waals surface area contributed by atoms with E-state index in [-0.39, 0.29) is 5.56 Å². The van der Waals surface area contributed by atoms with E-state index in [0.717, 1.165) is 11.3 Å². The Kier molecular flexibility index (Phi) is 2.30. The molecule has 18 heavy (non-hydrogen) atoms. The summed E-state index contributed by atoms with van der Waals surface area (Å²) in [6.07, 6.45) is 3.47. The van der Waals surface area contributed by atoms with E-state index >= 15 is 0 Å². The van der Waals surface area contributed by atoms with E-state index in [2.05, 4.69) is 4.98 Å². The number of benzene rings is 1. The molecule has 0 bridgehead atoms. The topological polar surface area (TPSA) is 39.3 Å². The van der Waals surface area contributed by atoms with Crippen molar-refractivity contribution in [2.75, 3.05) is 0 Å². The first-order valence-corrected chi connectivity index (χ1v) is 5.80. The highest BCUT2D eigenvalue weighted by molar-refractivity contribution is 5.48. The van der Waals surface area contributed by atoms with E-state index in [1.807, 2.05) is 49.0 Å². The molecule has 0 saturated heterocycles. The SMILES string of the molecule is Cc1ccc(-n2cc(C)c3nccc(=O)n32)cc1. The van der Waals surface area contributed by atoms with Crippen LogP contribution in [0.4, 0.5) is 0 Å². The summed E-state index contributed by atoms with van der Waals surface area (Å²) in [5.41, 5.74) is 3.75. The van der Waals surface area contributed by atoms with Gasteiger partial charge in [-0.15, -0.1) is 0 Å². The summed E-state index contributed by atoms with van der Waals surface area (Å²) in [6, 6.07) is 9.51. The van der Waals surface area contributed by atoms with Gasteiger partial charge in [-0.3, -0.25) is 9.48 Å². The van der Waals surface area contributed by atoms with Gasteiger partial charge in [-0.05, 0) is 26.0 Å². The van der Waals surface area contributed by atoms with Gasteiger partial charge in [0.2, 0.25) is 0 Å². The maximum absolute atomic E-state index is 12.0. The summed E-state index contributed by atoms with van der Waals surface area (Å²) in [5.74, 6) is 0. The molecule has 0 amide bonds. The van der Waals surface area contributed by atoms with Crippen LogP contribution in [-0.2, 0) is 0 Å². The van der Waals surface area contributed by atoms with Crippen LogP contribution in [0.5, 0.6) is 0 Å². The van der Waals surface area contributed by atoms with Crippen molar-refractivity contribution >= 4 is 5.65 Å². The van der Waals surface area contributed by atoms with Crippen LogP contribution >= 0.6 is 0 Å². The molecule has 4 nitrogen and oxygen atoms in total. The van der Waals surface area contributed by atoms with E-state index in [9.17, 15) is 4.79 Å². The van der Waals surface area contributed by atoms with Crippen LogP contribution in [-0.4, -0.2) is 14.2 Å². The molecule has 0 saturated carbocycles. The molecule has 0 spiro atoms. The molecule has 3 aromatic rings. The zero-order valence-corrected chi connectivity index (χ0v) is 10.3. The number of nitrogens with zero attached hydrogens (tertiary/aromatic N) is 3. The molecule has 0 atom stereocenters. The first kappa shape index (κ1) is 10.8. The Morgan fingerprint density at radius 2 is 1.78 bits per heavy atom. The molecule has 0 radical (unpaired) electrons. The van der Waals surface area contributed by atoms with Gasteiger partial charge in [-0.1, -0.05) is 17.7 Å². The van der Waals surface area contributed by atoms with Crippen molar-refractivity contribution in [3.63, 3.8) is 0 Å². The van der Waals surface area contributed by atoms with Crippen molar-refractivity contribution in [2.45, 2.75) is 13.8 Å². The Balaban J connectivity index is 2.36. The first-order chi connectivity index (χ1) is 8.66. The first-order valence-electron chi connectivity index (χ1n) is 5.80. The Bertz CT molecular complexity index is 766. The summed E-state index contributed by atoms with van der Waals surface area (Å²) in [5, 5.41) is 0. The zero-order valence-electron chi connectivity index (χ0n) is 10.3. The van der Waals surface area contributed by atoms with Crippen LogP contribution in [0.25, 0.3) is 11.3 Å². The van der Waals surface area contributed by atoms with Gasteiger partial charge in [-0.2, -0.15) is 4.52 Å². The van der Waals surface area contributed by atoms with E-state index in [0.29, 0.717) is 5.65 Å². The molecule has 0 N–H and O–H groups in total. The lowest BCUT2D eigenvalue weighted by molar-refractivity contribution is 0.764. The monoisotopic (exact) mass is 239 g/mol. The number of rotatable bonds is 1. The van der Waals surface area contributed by atoms with Crippen LogP contribution in [0.2, 0.25) is 0 Å². The number of aryl methyl sites for hydroxylation is 2. The minimum atomic E-state index is -0.0753. The highest BCUT2D eigenvalue weighted by Crippen LogP contribution is 2.13. The minimum Gasteiger partial charge on any atom is -0.267 e. The molecule has 1 aromatic carbocycles. The maximum atomic E-state index is 12.0. The molecule has 4 heteroatoms. The highest BCUT2D eigenvalue weighted by Gasteiger charge is 2.08. The lowest BCUT2D eigenvalue weighted by Crippen LogP contribution is -2.18. The fourth-order valence-electron chi connectivity index (χ4n) is 2.06. The lowest BCUT2D eigenvalue weighted by Gasteiger charge is -2.06. The van der Waals surface area contributed by atoms with Gasteiger partial charge in [0.05, 0.1) is 5.69 Å². The van der Waals surface area contributed by atoms with Gasteiger partial charge >= 0.3 is 0 Å². The number of hydrogen-bond donors (Lipinski definition) is 0. The van der Waals surface area contributed by atoms with Crippen LogP contribution in [0.1, 0.15) is 11.1 Å². The Morgan fingerprint density at radius 1 is 1.06 bits per heavy atom. The zero-order chi connectivity index (χ0) is 12.7. The molecule has 0 fully saturated rings. The van der Waals surface area contributed by atoms with Crippen molar-refractivity contribution < 1.29 is 0 Å². The average molecular weight is 239 g/mol. The summed E-state index contributed by atoms with van der Waals surface area (Å²) in [6.45, 7) is 3.99. The largest absolute Gasteiger partial charge is 0.273 e. The third-order valence-electron chi connectivity index (χ3n) is 3.01. The average Bonchev–Trinajstić information content (AvgIpc) is 2.70. The predicted octanol–water partition coefficient (Wildman–Crippen LogP) is 2.10. The standard InChI is InChI=1S/C14H13N3O/c1-10-3-5-12(6-4-10)16-9-11(2)14-15-8-7-13(18)17(14)16/h3-9H,1-2H3. The van der Waals surface area contributed by atoms with E-state index < -0.39 is 0 Å². The molecule has 2 heterocycles. The second kappa shape index (κ2) is 3.84. The number of fused-ring (bicyclic) bond motifs is 1. The van der Waals surface area contributed by atoms with E-state index in [1.165, 1.54) is 11.6 Å². The third-order valence-corrected chi connectivity index (χ3v) is 3.01. The summed E-state index contributed by atoms with van der Waals surface area (Å²) < 4.78 is 3.42. The molecule has 0 unspecified atom stereocenters. The maximum Gasteiger partial charge on any atom is 0.273 e. The molecule has 0 aliphatic heterocycles. The van der Waals surface area contributed by atoms with Crippen LogP contribution in [0, 0.1) is 13.8 Å². The fourth-order valence-corrected chi connectivity index (χ4v) is 2.06. The normalized spacial score (nSPS) is 11.0. The second-order valence-electron chi connectivity index (χ2n) is 4.41. The fraction of sp³-hybridized carbons (Fsp3) is 0.143. The molecule has 0 aliphatic carbocycles. The quantitative estimate of drug-likeness (QED) is 0.652.